The third kappa shape index (κ3) is 2.14. The predicted octanol–water partition coefficient (Wildman–Crippen LogP) is 1.30. The maximum Gasteiger partial charge on any atom is 0.246 e. The van der Waals surface area contributed by atoms with Gasteiger partial charge in [0.2, 0.25) is 11.8 Å². The number of hydrogen-bond donors (Lipinski definition) is 1. The Labute approximate surface area is 116 Å². The van der Waals surface area contributed by atoms with Crippen molar-refractivity contribution >= 4 is 23.2 Å². The van der Waals surface area contributed by atoms with Gasteiger partial charge >= 0.3 is 0 Å². The second-order valence-electron chi connectivity index (χ2n) is 5.18. The van der Waals surface area contributed by atoms with E-state index in [4.69, 9.17) is 0 Å². The lowest BCUT2D eigenvalue weighted by atomic mass is 9.78. The van der Waals surface area contributed by atoms with E-state index >= 15 is 0 Å². The average Bonchev–Trinajstić information content (AvgIpc) is 2.94. The van der Waals surface area contributed by atoms with Crippen molar-refractivity contribution < 1.29 is 9.59 Å². The maximum absolute atomic E-state index is 12.3. The highest BCUT2D eigenvalue weighted by molar-refractivity contribution is 7.09. The fourth-order valence-corrected chi connectivity index (χ4v) is 3.72. The molecule has 3 rings (SSSR count). The van der Waals surface area contributed by atoms with Gasteiger partial charge in [-0.2, -0.15) is 0 Å². The van der Waals surface area contributed by atoms with Crippen LogP contribution in [0.15, 0.2) is 11.6 Å². The van der Waals surface area contributed by atoms with Crippen LogP contribution >= 0.6 is 11.3 Å². The van der Waals surface area contributed by atoms with Gasteiger partial charge in [0.05, 0.1) is 13.1 Å². The smallest absolute Gasteiger partial charge is 0.246 e. The summed E-state index contributed by atoms with van der Waals surface area (Å²) in [6.07, 6.45) is 6.45. The van der Waals surface area contributed by atoms with Gasteiger partial charge in [0.15, 0.2) is 0 Å². The van der Waals surface area contributed by atoms with Gasteiger partial charge in [0.1, 0.15) is 10.5 Å². The Morgan fingerprint density at radius 3 is 2.79 bits per heavy atom. The molecule has 1 N–H and O–H groups in total. The molecule has 1 saturated heterocycles. The molecule has 0 bridgehead atoms. The Kier molecular flexibility index (Phi) is 3.26. The summed E-state index contributed by atoms with van der Waals surface area (Å²) in [6.45, 7) is 0.579. The summed E-state index contributed by atoms with van der Waals surface area (Å²) < 4.78 is 0. The van der Waals surface area contributed by atoms with E-state index < -0.39 is 5.54 Å². The first-order valence-electron chi connectivity index (χ1n) is 6.69. The topological polar surface area (TPSA) is 62.3 Å². The molecule has 2 heterocycles. The number of amides is 2. The molecule has 2 fully saturated rings. The first-order chi connectivity index (χ1) is 9.22. The lowest BCUT2D eigenvalue weighted by Crippen LogP contribution is -2.67. The Balaban J connectivity index is 1.91. The summed E-state index contributed by atoms with van der Waals surface area (Å²) in [5.41, 5.74) is -0.626. The van der Waals surface area contributed by atoms with E-state index in [0.717, 1.165) is 37.1 Å². The number of nitrogens with zero attached hydrogens (tertiary/aromatic N) is 2. The Bertz CT molecular complexity index is 480. The van der Waals surface area contributed by atoms with Gasteiger partial charge in [-0.15, -0.1) is 11.3 Å². The number of thiazole rings is 1. The molecule has 6 heteroatoms. The van der Waals surface area contributed by atoms with E-state index in [-0.39, 0.29) is 18.4 Å². The summed E-state index contributed by atoms with van der Waals surface area (Å²) in [4.78, 5) is 30.6. The number of carbonyl (C=O) groups is 2. The van der Waals surface area contributed by atoms with Crippen LogP contribution < -0.4 is 5.32 Å². The molecule has 0 atom stereocenters. The zero-order valence-corrected chi connectivity index (χ0v) is 11.5. The van der Waals surface area contributed by atoms with E-state index in [2.05, 4.69) is 10.3 Å². The molecule has 5 nitrogen and oxygen atoms in total. The molecule has 0 unspecified atom stereocenters. The SMILES string of the molecule is O=C1CNC(=O)C2(CCCCC2)N1Cc1nccs1. The number of piperazine rings is 1. The zero-order chi connectivity index (χ0) is 13.3. The molecule has 1 aromatic heterocycles. The Hall–Kier alpha value is -1.43. The summed E-state index contributed by atoms with van der Waals surface area (Å²) in [7, 11) is 0. The molecule has 2 aliphatic rings. The van der Waals surface area contributed by atoms with Gasteiger partial charge in [0, 0.05) is 11.6 Å². The van der Waals surface area contributed by atoms with Crippen LogP contribution in [0.25, 0.3) is 0 Å². The highest BCUT2D eigenvalue weighted by Crippen LogP contribution is 2.36. The quantitative estimate of drug-likeness (QED) is 0.887. The maximum atomic E-state index is 12.3. The molecular weight excluding hydrogens is 262 g/mol. The molecule has 1 aliphatic carbocycles. The summed E-state index contributed by atoms with van der Waals surface area (Å²) in [5.74, 6) is 0.0278. The summed E-state index contributed by atoms with van der Waals surface area (Å²) in [5, 5.41) is 5.55. The fourth-order valence-electron chi connectivity index (χ4n) is 3.12. The van der Waals surface area contributed by atoms with Crippen LogP contribution in [0.5, 0.6) is 0 Å². The van der Waals surface area contributed by atoms with Crippen molar-refractivity contribution in [3.63, 3.8) is 0 Å². The normalized spacial score (nSPS) is 22.6. The third-order valence-corrected chi connectivity index (χ3v) is 4.86. The molecule has 2 amide bonds. The third-order valence-electron chi connectivity index (χ3n) is 4.10. The average molecular weight is 279 g/mol. The lowest BCUT2D eigenvalue weighted by Gasteiger charge is -2.47. The predicted molar refractivity (Wildman–Crippen MR) is 71.5 cm³/mol. The van der Waals surface area contributed by atoms with E-state index in [9.17, 15) is 9.59 Å². The molecule has 1 saturated carbocycles. The number of rotatable bonds is 2. The van der Waals surface area contributed by atoms with E-state index in [1.807, 2.05) is 5.38 Å². The monoisotopic (exact) mass is 279 g/mol. The van der Waals surface area contributed by atoms with Gasteiger partial charge in [-0.1, -0.05) is 19.3 Å². The van der Waals surface area contributed by atoms with Crippen LogP contribution in [0, 0.1) is 0 Å². The molecule has 0 aromatic carbocycles. The first kappa shape index (κ1) is 12.6. The van der Waals surface area contributed by atoms with E-state index in [1.54, 1.807) is 11.1 Å². The Morgan fingerprint density at radius 2 is 2.11 bits per heavy atom. The largest absolute Gasteiger partial charge is 0.345 e. The summed E-state index contributed by atoms with van der Waals surface area (Å²) >= 11 is 1.53. The van der Waals surface area contributed by atoms with E-state index in [0.29, 0.717) is 6.54 Å². The van der Waals surface area contributed by atoms with Gasteiger partial charge in [-0.25, -0.2) is 4.98 Å². The molecule has 1 spiro atoms. The minimum absolute atomic E-state index is 0.0108. The molecular formula is C13H17N3O2S. The minimum atomic E-state index is -0.626. The van der Waals surface area contributed by atoms with Crippen LogP contribution in [0.4, 0.5) is 0 Å². The van der Waals surface area contributed by atoms with Crippen molar-refractivity contribution in [3.05, 3.63) is 16.6 Å². The minimum Gasteiger partial charge on any atom is -0.345 e. The van der Waals surface area contributed by atoms with Crippen LogP contribution in [0.2, 0.25) is 0 Å². The Morgan fingerprint density at radius 1 is 1.32 bits per heavy atom. The number of nitrogens with one attached hydrogen (secondary N) is 1. The van der Waals surface area contributed by atoms with Crippen molar-refractivity contribution in [2.75, 3.05) is 6.54 Å². The highest BCUT2D eigenvalue weighted by atomic mass is 32.1. The van der Waals surface area contributed by atoms with Crippen LogP contribution in [0.1, 0.15) is 37.1 Å². The standard InChI is InChI=1S/C13H17N3O2S/c17-11-8-15-12(18)13(4-2-1-3-5-13)16(11)9-10-14-6-7-19-10/h6-7H,1-5,8-9H2,(H,15,18). The van der Waals surface area contributed by atoms with Crippen molar-refractivity contribution in [3.8, 4) is 0 Å². The first-order valence-corrected chi connectivity index (χ1v) is 7.57. The van der Waals surface area contributed by atoms with E-state index in [1.165, 1.54) is 11.3 Å². The molecule has 19 heavy (non-hydrogen) atoms. The van der Waals surface area contributed by atoms with Crippen molar-refractivity contribution in [1.29, 1.82) is 0 Å². The van der Waals surface area contributed by atoms with Crippen molar-refractivity contribution in [2.24, 2.45) is 0 Å². The van der Waals surface area contributed by atoms with Gasteiger partial charge in [0.25, 0.3) is 0 Å². The molecule has 1 aliphatic heterocycles. The second-order valence-corrected chi connectivity index (χ2v) is 6.16. The van der Waals surface area contributed by atoms with Gasteiger partial charge < -0.3 is 10.2 Å². The molecule has 102 valence electrons. The van der Waals surface area contributed by atoms with Crippen LogP contribution in [-0.2, 0) is 16.1 Å². The van der Waals surface area contributed by atoms with Crippen LogP contribution in [0.3, 0.4) is 0 Å². The number of carbonyl (C=O) groups excluding carboxylic acids is 2. The van der Waals surface area contributed by atoms with Gasteiger partial charge in [-0.05, 0) is 12.8 Å². The highest BCUT2D eigenvalue weighted by Gasteiger charge is 2.49. The number of aromatic nitrogens is 1. The van der Waals surface area contributed by atoms with Crippen LogP contribution in [-0.4, -0.2) is 33.8 Å². The zero-order valence-electron chi connectivity index (χ0n) is 10.7. The summed E-state index contributed by atoms with van der Waals surface area (Å²) in [6, 6.07) is 0. The second kappa shape index (κ2) is 4.92. The van der Waals surface area contributed by atoms with Gasteiger partial charge in [-0.3, -0.25) is 9.59 Å². The van der Waals surface area contributed by atoms with Crippen molar-refractivity contribution in [2.45, 2.75) is 44.2 Å². The molecule has 0 radical (unpaired) electrons. The number of hydrogen-bond acceptors (Lipinski definition) is 4. The lowest BCUT2D eigenvalue weighted by molar-refractivity contribution is -0.157. The molecule has 1 aromatic rings. The fraction of sp³-hybridized carbons (Fsp3) is 0.615. The van der Waals surface area contributed by atoms with Crippen molar-refractivity contribution in [1.82, 2.24) is 15.2 Å².